The number of aromatic nitrogens is 5. The molecule has 0 fully saturated rings. The van der Waals surface area contributed by atoms with Gasteiger partial charge < -0.3 is 15.7 Å². The summed E-state index contributed by atoms with van der Waals surface area (Å²) in [5.74, 6) is -0.598. The monoisotopic (exact) mass is 478 g/mol. The molecule has 0 bridgehead atoms. The van der Waals surface area contributed by atoms with Crippen molar-refractivity contribution in [2.24, 2.45) is 0 Å². The molecule has 4 rings (SSSR count). The first-order valence-electron chi connectivity index (χ1n) is 10.9. The number of carbonyl (C=O) groups is 2. The molecule has 0 saturated heterocycles. The number of carboxylic acid groups (broad SMARTS) is 1. The van der Waals surface area contributed by atoms with Crippen molar-refractivity contribution in [2.75, 3.05) is 47.0 Å². The van der Waals surface area contributed by atoms with E-state index >= 15 is 0 Å². The lowest BCUT2D eigenvalue weighted by molar-refractivity contribution is -0.137. The van der Waals surface area contributed by atoms with Gasteiger partial charge in [-0.05, 0) is 45.9 Å². The molecule has 3 N–H and O–H groups in total. The molecule has 0 aliphatic carbocycles. The maximum Gasteiger partial charge on any atom is 0.317 e. The topological polar surface area (TPSA) is 135 Å². The Morgan fingerprint density at radius 1 is 1.00 bits per heavy atom. The lowest BCUT2D eigenvalue weighted by atomic mass is 10.1. The third kappa shape index (κ3) is 6.95. The second-order valence-electron chi connectivity index (χ2n) is 8.58. The molecule has 0 aliphatic rings. The fourth-order valence-corrected chi connectivity index (χ4v) is 3.38. The molecule has 2 heterocycles. The van der Waals surface area contributed by atoms with Gasteiger partial charge in [0.05, 0.1) is 31.3 Å². The number of rotatable bonds is 7. The van der Waals surface area contributed by atoms with E-state index in [0.29, 0.717) is 17.9 Å². The summed E-state index contributed by atoms with van der Waals surface area (Å²) < 4.78 is 3.16. The van der Waals surface area contributed by atoms with E-state index in [1.54, 1.807) is 28.6 Å². The van der Waals surface area contributed by atoms with E-state index in [0.717, 1.165) is 22.2 Å². The summed E-state index contributed by atoms with van der Waals surface area (Å²) in [6, 6.07) is 15.7. The quantitative estimate of drug-likeness (QED) is 0.407. The third-order valence-corrected chi connectivity index (χ3v) is 4.87. The first-order chi connectivity index (χ1) is 16.6. The molecule has 184 valence electrons. The highest BCUT2D eigenvalue weighted by Crippen LogP contribution is 2.26. The minimum Gasteiger partial charge on any atom is -0.480 e. The van der Waals surface area contributed by atoms with E-state index in [9.17, 15) is 9.59 Å². The van der Waals surface area contributed by atoms with Crippen molar-refractivity contribution in [2.45, 2.75) is 6.54 Å². The van der Waals surface area contributed by atoms with E-state index in [4.69, 9.17) is 10.8 Å². The molecule has 11 heteroatoms. The van der Waals surface area contributed by atoms with Gasteiger partial charge in [0.25, 0.3) is 5.91 Å². The van der Waals surface area contributed by atoms with Crippen LogP contribution in [0.5, 0.6) is 0 Å². The van der Waals surface area contributed by atoms with Crippen LogP contribution < -0.4 is 5.73 Å². The van der Waals surface area contributed by atoms with Gasteiger partial charge in [0.1, 0.15) is 5.69 Å². The standard InChI is InChI=1S/C20H21N7O.C4H9NO2/c1-25(2)13-19(28)27-18-9-8-15(10-16(18)20(21)23-27)17-12-26(24-22-17)11-14-6-4-3-5-7-14;1-5(2)3-4(6)7/h3-10,12H,11,13H2,1-2H3,(H2,21,23);3H2,1-2H3,(H,6,7). The van der Waals surface area contributed by atoms with Crippen molar-refractivity contribution in [3.05, 3.63) is 60.3 Å². The van der Waals surface area contributed by atoms with Crippen LogP contribution in [0.25, 0.3) is 22.2 Å². The molecule has 11 nitrogen and oxygen atoms in total. The number of carbonyl (C=O) groups excluding carboxylic acids is 1. The Labute approximate surface area is 203 Å². The number of benzene rings is 2. The molecule has 0 saturated carbocycles. The smallest absolute Gasteiger partial charge is 0.317 e. The Morgan fingerprint density at radius 2 is 1.69 bits per heavy atom. The van der Waals surface area contributed by atoms with E-state index < -0.39 is 5.97 Å². The predicted molar refractivity (Wildman–Crippen MR) is 134 cm³/mol. The van der Waals surface area contributed by atoms with E-state index in [1.807, 2.05) is 68.8 Å². The van der Waals surface area contributed by atoms with Gasteiger partial charge in [-0.2, -0.15) is 4.68 Å². The lowest BCUT2D eigenvalue weighted by Gasteiger charge is -2.08. The maximum atomic E-state index is 12.4. The average molecular weight is 479 g/mol. The molecule has 2 aromatic carbocycles. The largest absolute Gasteiger partial charge is 0.480 e. The van der Waals surface area contributed by atoms with Crippen molar-refractivity contribution in [3.63, 3.8) is 0 Å². The average Bonchev–Trinajstić information content (AvgIpc) is 3.38. The normalized spacial score (nSPS) is 11.0. The Kier molecular flexibility index (Phi) is 8.29. The van der Waals surface area contributed by atoms with Gasteiger partial charge in [-0.15, -0.1) is 10.2 Å². The summed E-state index contributed by atoms with van der Waals surface area (Å²) in [4.78, 5) is 25.6. The molecule has 0 amide bonds. The van der Waals surface area contributed by atoms with Gasteiger partial charge in [0.15, 0.2) is 5.82 Å². The summed E-state index contributed by atoms with van der Waals surface area (Å²) in [7, 11) is 7.11. The van der Waals surface area contributed by atoms with Gasteiger partial charge in [0, 0.05) is 10.9 Å². The molecule has 4 aromatic rings. The van der Waals surface area contributed by atoms with Gasteiger partial charge in [-0.1, -0.05) is 41.6 Å². The van der Waals surface area contributed by atoms with E-state index in [1.165, 1.54) is 4.68 Å². The van der Waals surface area contributed by atoms with Crippen molar-refractivity contribution in [1.82, 2.24) is 34.6 Å². The van der Waals surface area contributed by atoms with Crippen molar-refractivity contribution in [3.8, 4) is 11.3 Å². The minimum absolute atomic E-state index is 0.111. The molecule has 0 unspecified atom stereocenters. The fraction of sp³-hybridized carbons (Fsp3) is 0.292. The van der Waals surface area contributed by atoms with Crippen molar-refractivity contribution >= 4 is 28.6 Å². The molecule has 2 aromatic heterocycles. The lowest BCUT2D eigenvalue weighted by Crippen LogP contribution is -2.27. The number of nitrogens with two attached hydrogens (primary N) is 1. The molecule has 0 radical (unpaired) electrons. The maximum absolute atomic E-state index is 12.4. The van der Waals surface area contributed by atoms with Crippen molar-refractivity contribution < 1.29 is 14.7 Å². The third-order valence-electron chi connectivity index (χ3n) is 4.87. The highest BCUT2D eigenvalue weighted by atomic mass is 16.4. The number of anilines is 1. The summed E-state index contributed by atoms with van der Waals surface area (Å²) in [6.07, 6.45) is 1.89. The number of likely N-dealkylation sites (N-methyl/N-ethyl adjacent to an activating group) is 2. The Morgan fingerprint density at radius 3 is 2.29 bits per heavy atom. The molecule has 35 heavy (non-hydrogen) atoms. The number of nitrogen functional groups attached to an aromatic ring is 1. The zero-order chi connectivity index (χ0) is 25.5. The number of carboxylic acids is 1. The summed E-state index contributed by atoms with van der Waals surface area (Å²) in [5.41, 5.74) is 9.51. The number of fused-ring (bicyclic) bond motifs is 1. The first-order valence-corrected chi connectivity index (χ1v) is 10.9. The molecular weight excluding hydrogens is 448 g/mol. The van der Waals surface area contributed by atoms with Gasteiger partial charge in [-0.3, -0.25) is 14.5 Å². The Balaban J connectivity index is 0.000000429. The summed E-state index contributed by atoms with van der Waals surface area (Å²) >= 11 is 0. The van der Waals surface area contributed by atoms with Gasteiger partial charge >= 0.3 is 5.97 Å². The molecule has 0 atom stereocenters. The van der Waals surface area contributed by atoms with Crippen molar-refractivity contribution in [1.29, 1.82) is 0 Å². The predicted octanol–water partition coefficient (Wildman–Crippen LogP) is 1.76. The summed E-state index contributed by atoms with van der Waals surface area (Å²) in [6.45, 7) is 1.01. The van der Waals surface area contributed by atoms with Crippen LogP contribution in [0.15, 0.2) is 54.7 Å². The number of aliphatic carboxylic acids is 1. The molecule has 0 spiro atoms. The van der Waals surface area contributed by atoms with Crippen LogP contribution in [0.1, 0.15) is 10.4 Å². The molecule has 0 aliphatic heterocycles. The second kappa shape index (κ2) is 11.4. The van der Waals surface area contributed by atoms with Crippen LogP contribution in [0.2, 0.25) is 0 Å². The van der Waals surface area contributed by atoms with Crippen LogP contribution in [0.4, 0.5) is 5.82 Å². The summed E-state index contributed by atoms with van der Waals surface area (Å²) in [5, 5.41) is 21.5. The minimum atomic E-state index is -0.787. The van der Waals surface area contributed by atoms with Gasteiger partial charge in [0.2, 0.25) is 0 Å². The fourth-order valence-electron chi connectivity index (χ4n) is 3.38. The first kappa shape index (κ1) is 25.5. The Bertz CT molecular complexity index is 1290. The Hall–Kier alpha value is -4.09. The highest BCUT2D eigenvalue weighted by molar-refractivity contribution is 5.98. The second-order valence-corrected chi connectivity index (χ2v) is 8.58. The van der Waals surface area contributed by atoms with E-state index in [2.05, 4.69) is 15.4 Å². The highest BCUT2D eigenvalue weighted by Gasteiger charge is 2.16. The van der Waals surface area contributed by atoms with Crippen LogP contribution >= 0.6 is 0 Å². The number of nitrogens with zero attached hydrogens (tertiary/aromatic N) is 7. The SMILES string of the molecule is CN(C)CC(=O)O.CN(C)CC(=O)n1nc(N)c2cc(-c3cn(Cc4ccccc4)nn3)ccc21. The van der Waals surface area contributed by atoms with Crippen LogP contribution in [-0.2, 0) is 11.3 Å². The number of hydrogen-bond acceptors (Lipinski definition) is 8. The van der Waals surface area contributed by atoms with Crippen LogP contribution in [0.3, 0.4) is 0 Å². The molecular formula is C24H30N8O3. The van der Waals surface area contributed by atoms with Gasteiger partial charge in [-0.25, -0.2) is 4.68 Å². The van der Waals surface area contributed by atoms with Crippen LogP contribution in [0, 0.1) is 0 Å². The number of hydrogen-bond donors (Lipinski definition) is 2. The van der Waals surface area contributed by atoms with E-state index in [-0.39, 0.29) is 19.0 Å². The zero-order valence-electron chi connectivity index (χ0n) is 20.3. The zero-order valence-corrected chi connectivity index (χ0v) is 20.3. The van der Waals surface area contributed by atoms with Crippen LogP contribution in [-0.4, -0.2) is 92.8 Å².